The van der Waals surface area contributed by atoms with E-state index in [1.807, 2.05) is 35.2 Å². The van der Waals surface area contributed by atoms with Crippen LogP contribution in [0.15, 0.2) is 48.5 Å². The molecule has 1 aliphatic carbocycles. The maximum atomic E-state index is 13.6. The van der Waals surface area contributed by atoms with E-state index in [-0.39, 0.29) is 29.6 Å². The highest BCUT2D eigenvalue weighted by molar-refractivity contribution is 5.84. The van der Waals surface area contributed by atoms with Crippen LogP contribution in [0.4, 0.5) is 26.3 Å². The van der Waals surface area contributed by atoms with Crippen LogP contribution in [0.1, 0.15) is 92.9 Å². The molecule has 240 valence electrons. The molecule has 2 heterocycles. The van der Waals surface area contributed by atoms with Crippen molar-refractivity contribution in [1.82, 2.24) is 15.1 Å². The smallest absolute Gasteiger partial charge is 0.346 e. The van der Waals surface area contributed by atoms with Crippen LogP contribution in [-0.4, -0.2) is 53.3 Å². The highest BCUT2D eigenvalue weighted by Gasteiger charge is 2.43. The number of hydrogen-bond acceptors (Lipinski definition) is 3. The molecule has 0 radical (unpaired) electrons. The second-order valence-corrected chi connectivity index (χ2v) is 12.6. The number of rotatable bonds is 6. The van der Waals surface area contributed by atoms with Crippen molar-refractivity contribution in [3.63, 3.8) is 0 Å². The predicted molar refractivity (Wildman–Crippen MR) is 154 cm³/mol. The number of benzene rings is 2. The van der Waals surface area contributed by atoms with E-state index in [9.17, 15) is 35.9 Å². The second kappa shape index (κ2) is 12.7. The summed E-state index contributed by atoms with van der Waals surface area (Å²) in [4.78, 5) is 31.3. The zero-order valence-corrected chi connectivity index (χ0v) is 24.8. The monoisotopic (exact) mass is 623 g/mol. The first-order valence-corrected chi connectivity index (χ1v) is 15.5. The van der Waals surface area contributed by atoms with E-state index in [0.29, 0.717) is 50.8 Å². The van der Waals surface area contributed by atoms with Gasteiger partial charge < -0.3 is 10.2 Å². The number of likely N-dealkylation sites (tertiary alicyclic amines) is 2. The Morgan fingerprint density at radius 1 is 0.841 bits per heavy atom. The highest BCUT2D eigenvalue weighted by atomic mass is 19.4. The van der Waals surface area contributed by atoms with Gasteiger partial charge in [0.25, 0.3) is 0 Å². The molecule has 1 N–H and O–H groups in total. The Kier molecular flexibility index (Phi) is 9.35. The molecule has 2 atom stereocenters. The predicted octanol–water partition coefficient (Wildman–Crippen LogP) is 7.26. The number of nitrogens with one attached hydrogen (secondary N) is 1. The van der Waals surface area contributed by atoms with E-state index in [1.54, 1.807) is 0 Å². The van der Waals surface area contributed by atoms with Gasteiger partial charge >= 0.3 is 12.4 Å². The van der Waals surface area contributed by atoms with Crippen LogP contribution in [0.25, 0.3) is 0 Å². The lowest BCUT2D eigenvalue weighted by Gasteiger charge is -2.47. The lowest BCUT2D eigenvalue weighted by molar-refractivity contribution is -0.143. The van der Waals surface area contributed by atoms with Crippen LogP contribution < -0.4 is 5.32 Å². The summed E-state index contributed by atoms with van der Waals surface area (Å²) < 4.78 is 80.9. The van der Waals surface area contributed by atoms with Gasteiger partial charge in [0, 0.05) is 25.0 Å². The minimum absolute atomic E-state index is 0.00813. The molecular weight excluding hydrogens is 584 g/mol. The quantitative estimate of drug-likeness (QED) is 0.345. The molecule has 11 heteroatoms. The fraction of sp³-hybridized carbons (Fsp3) is 0.576. The number of amides is 2. The Morgan fingerprint density at radius 2 is 1.43 bits per heavy atom. The molecule has 2 saturated heterocycles. The number of alkyl halides is 6. The van der Waals surface area contributed by atoms with Crippen molar-refractivity contribution >= 4 is 11.8 Å². The van der Waals surface area contributed by atoms with Crippen molar-refractivity contribution in [2.45, 2.75) is 101 Å². The topological polar surface area (TPSA) is 52.7 Å². The van der Waals surface area contributed by atoms with E-state index in [1.165, 1.54) is 26.2 Å². The van der Waals surface area contributed by atoms with E-state index < -0.39 is 40.8 Å². The van der Waals surface area contributed by atoms with Gasteiger partial charge in [0.05, 0.1) is 22.6 Å². The first-order valence-electron chi connectivity index (χ1n) is 15.5. The summed E-state index contributed by atoms with van der Waals surface area (Å²) in [6.07, 6.45) is -2.81. The third-order valence-corrected chi connectivity index (χ3v) is 9.78. The van der Waals surface area contributed by atoms with Crippen molar-refractivity contribution in [3.05, 3.63) is 70.8 Å². The van der Waals surface area contributed by atoms with Crippen molar-refractivity contribution in [3.8, 4) is 0 Å². The molecule has 1 saturated carbocycles. The van der Waals surface area contributed by atoms with Crippen molar-refractivity contribution in [2.24, 2.45) is 0 Å². The molecule has 3 fully saturated rings. The van der Waals surface area contributed by atoms with Gasteiger partial charge in [-0.3, -0.25) is 14.5 Å². The van der Waals surface area contributed by atoms with Crippen molar-refractivity contribution in [1.29, 1.82) is 0 Å². The number of carbonyl (C=O) groups is 2. The molecule has 0 aromatic heterocycles. The first-order chi connectivity index (χ1) is 20.8. The van der Waals surface area contributed by atoms with Crippen LogP contribution in [0.5, 0.6) is 0 Å². The maximum Gasteiger partial charge on any atom is 0.416 e. The first kappa shape index (κ1) is 32.3. The summed E-state index contributed by atoms with van der Waals surface area (Å²) >= 11 is 0. The van der Waals surface area contributed by atoms with Crippen LogP contribution in [0, 0.1) is 0 Å². The van der Waals surface area contributed by atoms with Crippen molar-refractivity contribution < 1.29 is 35.9 Å². The van der Waals surface area contributed by atoms with Crippen LogP contribution in [0.3, 0.4) is 0 Å². The molecule has 0 spiro atoms. The Hall–Kier alpha value is -3.08. The summed E-state index contributed by atoms with van der Waals surface area (Å²) in [7, 11) is 0. The van der Waals surface area contributed by atoms with Gasteiger partial charge in [0.2, 0.25) is 11.8 Å². The second-order valence-electron chi connectivity index (χ2n) is 12.6. The summed E-state index contributed by atoms with van der Waals surface area (Å²) in [6.45, 7) is 4.08. The molecule has 2 aromatic rings. The van der Waals surface area contributed by atoms with Gasteiger partial charge in [-0.1, -0.05) is 36.8 Å². The van der Waals surface area contributed by atoms with E-state index in [0.717, 1.165) is 25.1 Å². The molecule has 5 nitrogen and oxygen atoms in total. The number of piperidine rings is 2. The molecule has 44 heavy (non-hydrogen) atoms. The van der Waals surface area contributed by atoms with Crippen molar-refractivity contribution in [2.75, 3.05) is 19.6 Å². The Labute approximate surface area is 254 Å². The van der Waals surface area contributed by atoms with E-state index in [4.69, 9.17) is 0 Å². The Balaban J connectivity index is 1.32. The summed E-state index contributed by atoms with van der Waals surface area (Å²) in [6, 6.07) is 10.8. The fourth-order valence-electron chi connectivity index (χ4n) is 7.19. The normalized spacial score (nSPS) is 26.3. The Bertz CT molecular complexity index is 1280. The summed E-state index contributed by atoms with van der Waals surface area (Å²) in [5.41, 5.74) is -3.31. The maximum absolute atomic E-state index is 13.6. The molecule has 0 bridgehead atoms. The average molecular weight is 624 g/mol. The highest BCUT2D eigenvalue weighted by Crippen LogP contribution is 2.42. The summed E-state index contributed by atoms with van der Waals surface area (Å²) in [5.74, 6) is -1.78. The van der Waals surface area contributed by atoms with Gasteiger partial charge in [-0.2, -0.15) is 26.3 Å². The number of halogens is 6. The van der Waals surface area contributed by atoms with Gasteiger partial charge in [-0.05, 0) is 94.3 Å². The zero-order valence-electron chi connectivity index (χ0n) is 24.8. The van der Waals surface area contributed by atoms with Crippen LogP contribution in [0.2, 0.25) is 0 Å². The number of carbonyl (C=O) groups excluding carboxylic acids is 2. The largest absolute Gasteiger partial charge is 0.416 e. The fourth-order valence-corrected chi connectivity index (χ4v) is 7.19. The van der Waals surface area contributed by atoms with Gasteiger partial charge in [-0.25, -0.2) is 0 Å². The molecule has 2 amide bonds. The van der Waals surface area contributed by atoms with Gasteiger partial charge in [0.15, 0.2) is 0 Å². The summed E-state index contributed by atoms with van der Waals surface area (Å²) in [5, 5.41) is 3.04. The molecule has 5 rings (SSSR count). The molecule has 3 aliphatic rings. The molecule has 2 unspecified atom stereocenters. The van der Waals surface area contributed by atoms with E-state index in [2.05, 4.69) is 10.2 Å². The minimum Gasteiger partial charge on any atom is -0.346 e. The number of nitrogens with zero attached hydrogens (tertiary/aromatic N) is 2. The third kappa shape index (κ3) is 7.08. The van der Waals surface area contributed by atoms with Gasteiger partial charge in [0.1, 0.15) is 0 Å². The molecule has 2 aromatic carbocycles. The zero-order chi connectivity index (χ0) is 31.7. The Morgan fingerprint density at radius 3 is 1.98 bits per heavy atom. The molecule has 2 aliphatic heterocycles. The average Bonchev–Trinajstić information content (AvgIpc) is 3.01. The standard InChI is InChI=1S/C33H39F6N3O2/c1-22(23-18-25(32(34,35)36)20-26(19-23)33(37,38)39)30(44)40-31(24-8-4-2-5-9-24)13-10-27(11-14-31)42-17-12-28(21-29(42)43)41-15-6-3-7-16-41/h2,4-5,8-9,18-20,22,27-28H,3,6-7,10-17,21H2,1H3,(H,40,44)/t22?,27-,28?,31-. The number of hydrogen-bond donors (Lipinski definition) is 1. The SMILES string of the molecule is CC(C(=O)N[C@]1(c2ccccc2)CC[C@@H](N2CCC(N3CCCCC3)CC2=O)CC1)c1cc(C(F)(F)F)cc(C(F)(F)F)c1. The minimum atomic E-state index is -5.00. The van der Waals surface area contributed by atoms with Gasteiger partial charge in [-0.15, -0.1) is 0 Å². The lowest BCUT2D eigenvalue weighted by atomic mass is 9.73. The molecular formula is C33H39F6N3O2. The van der Waals surface area contributed by atoms with Crippen LogP contribution >= 0.6 is 0 Å². The van der Waals surface area contributed by atoms with E-state index >= 15 is 0 Å². The van der Waals surface area contributed by atoms with Crippen LogP contribution in [-0.2, 0) is 27.5 Å². The third-order valence-electron chi connectivity index (χ3n) is 9.78. The lowest BCUT2D eigenvalue weighted by Crippen LogP contribution is -2.56.